The van der Waals surface area contributed by atoms with Gasteiger partial charge in [-0.05, 0) is 57.1 Å². The summed E-state index contributed by atoms with van der Waals surface area (Å²) in [6.45, 7) is 9.60. The van der Waals surface area contributed by atoms with Crippen molar-refractivity contribution < 1.29 is 14.4 Å². The molecule has 1 aromatic rings. The third-order valence-corrected chi connectivity index (χ3v) is 6.74. The third kappa shape index (κ3) is 9.31. The van der Waals surface area contributed by atoms with Crippen LogP contribution in [0.2, 0.25) is 0 Å². The van der Waals surface area contributed by atoms with Crippen LogP contribution in [0.4, 0.5) is 0 Å². The van der Waals surface area contributed by atoms with Crippen molar-refractivity contribution in [1.82, 2.24) is 25.8 Å². The first-order valence-electron chi connectivity index (χ1n) is 13.3. The number of aryl methyl sites for hydroxylation is 1. The van der Waals surface area contributed by atoms with E-state index in [9.17, 15) is 14.4 Å². The summed E-state index contributed by atoms with van der Waals surface area (Å²) in [5, 5.41) is 9.15. The summed E-state index contributed by atoms with van der Waals surface area (Å²) in [6.07, 6.45) is 4.78. The predicted molar refractivity (Wildman–Crippen MR) is 144 cm³/mol. The molecule has 1 aromatic heterocycles. The molecule has 0 unspecified atom stereocenters. The lowest BCUT2D eigenvalue weighted by molar-refractivity contribution is -0.142. The second-order valence-corrected chi connectivity index (χ2v) is 9.65. The van der Waals surface area contributed by atoms with Crippen LogP contribution in [0.25, 0.3) is 0 Å². The molecular weight excluding hydrogens is 472 g/mol. The number of nitrogens with zero attached hydrogens (tertiary/aromatic N) is 3. The minimum atomic E-state index is -0.786. The van der Waals surface area contributed by atoms with E-state index in [0.29, 0.717) is 45.4 Å². The summed E-state index contributed by atoms with van der Waals surface area (Å²) in [4.78, 5) is 49.6. The standard InChI is InChI=1S/C26H44N8O3/c1-5-17(3)22(32-16-19-12-11-18(4)31-15-19)24(36)33-20(9-7-13-30-26(27)28)25(37)34-14-8-10-21(34)23(35)29-6-2/h11-12,15,17,20-22,32H,5-10,13-14,16H2,1-4H3,(H,29,35)(H,33,36)(H4,27,28,30)/t17-,20-,21-,22+/m0/s1. The summed E-state index contributed by atoms with van der Waals surface area (Å²) in [5.41, 5.74) is 12.8. The number of guanidine groups is 1. The van der Waals surface area contributed by atoms with E-state index in [0.717, 1.165) is 24.1 Å². The van der Waals surface area contributed by atoms with Gasteiger partial charge in [0.15, 0.2) is 5.96 Å². The Morgan fingerprint density at radius 3 is 2.62 bits per heavy atom. The van der Waals surface area contributed by atoms with E-state index < -0.39 is 18.1 Å². The SMILES string of the molecule is CCNC(=O)[C@@H]1CCCN1C(=O)[C@H](CCCN=C(N)N)NC(=O)[C@H](NCc1ccc(C)nc1)[C@@H](C)CC. The second kappa shape index (κ2) is 15.1. The van der Waals surface area contributed by atoms with Crippen molar-refractivity contribution in [2.24, 2.45) is 22.4 Å². The number of nitrogens with one attached hydrogen (secondary N) is 3. The number of likely N-dealkylation sites (N-methyl/N-ethyl adjacent to an activating group) is 1. The van der Waals surface area contributed by atoms with Gasteiger partial charge in [-0.2, -0.15) is 0 Å². The molecule has 37 heavy (non-hydrogen) atoms. The zero-order valence-electron chi connectivity index (χ0n) is 22.6. The molecule has 1 fully saturated rings. The van der Waals surface area contributed by atoms with Crippen LogP contribution in [0.15, 0.2) is 23.3 Å². The molecule has 7 N–H and O–H groups in total. The Morgan fingerprint density at radius 2 is 2.00 bits per heavy atom. The minimum absolute atomic E-state index is 0.0191. The number of nitrogens with two attached hydrogens (primary N) is 2. The molecule has 206 valence electrons. The summed E-state index contributed by atoms with van der Waals surface area (Å²) in [6, 6.07) is 2.10. The molecule has 0 bridgehead atoms. The van der Waals surface area contributed by atoms with Crippen LogP contribution in [0.1, 0.15) is 64.1 Å². The van der Waals surface area contributed by atoms with E-state index >= 15 is 0 Å². The van der Waals surface area contributed by atoms with Gasteiger partial charge >= 0.3 is 0 Å². The Hall–Kier alpha value is -3.21. The molecule has 0 aliphatic carbocycles. The largest absolute Gasteiger partial charge is 0.370 e. The first-order valence-corrected chi connectivity index (χ1v) is 13.3. The van der Waals surface area contributed by atoms with E-state index in [1.807, 2.05) is 39.8 Å². The van der Waals surface area contributed by atoms with Crippen LogP contribution in [-0.4, -0.2) is 71.3 Å². The number of hydrogen-bond donors (Lipinski definition) is 5. The second-order valence-electron chi connectivity index (χ2n) is 9.65. The molecule has 0 aromatic carbocycles. The van der Waals surface area contributed by atoms with Crippen molar-refractivity contribution in [3.05, 3.63) is 29.6 Å². The number of aromatic nitrogens is 1. The molecule has 1 saturated heterocycles. The van der Waals surface area contributed by atoms with E-state index in [2.05, 4.69) is 25.9 Å². The van der Waals surface area contributed by atoms with Crippen LogP contribution < -0.4 is 27.4 Å². The number of pyridine rings is 1. The first-order chi connectivity index (χ1) is 17.7. The lowest BCUT2D eigenvalue weighted by Crippen LogP contribution is -2.57. The van der Waals surface area contributed by atoms with Gasteiger partial charge in [0, 0.05) is 38.1 Å². The van der Waals surface area contributed by atoms with Gasteiger partial charge in [0.2, 0.25) is 17.7 Å². The molecule has 3 amide bonds. The molecule has 1 aliphatic heterocycles. The van der Waals surface area contributed by atoms with Crippen molar-refractivity contribution in [3.8, 4) is 0 Å². The average Bonchev–Trinajstić information content (AvgIpc) is 3.36. The Kier molecular flexibility index (Phi) is 12.3. The predicted octanol–water partition coefficient (Wildman–Crippen LogP) is 0.560. The number of amides is 3. The van der Waals surface area contributed by atoms with Crippen LogP contribution in [0, 0.1) is 12.8 Å². The lowest BCUT2D eigenvalue weighted by atomic mass is 9.97. The van der Waals surface area contributed by atoms with E-state index in [1.54, 1.807) is 11.1 Å². The van der Waals surface area contributed by atoms with E-state index in [4.69, 9.17) is 11.5 Å². The highest BCUT2D eigenvalue weighted by Gasteiger charge is 2.38. The van der Waals surface area contributed by atoms with E-state index in [1.165, 1.54) is 0 Å². The topological polar surface area (TPSA) is 168 Å². The molecule has 0 spiro atoms. The molecule has 4 atom stereocenters. The van der Waals surface area contributed by atoms with Crippen LogP contribution in [0.5, 0.6) is 0 Å². The highest BCUT2D eigenvalue weighted by Crippen LogP contribution is 2.20. The summed E-state index contributed by atoms with van der Waals surface area (Å²) >= 11 is 0. The monoisotopic (exact) mass is 516 g/mol. The zero-order chi connectivity index (χ0) is 27.4. The van der Waals surface area contributed by atoms with Gasteiger partial charge in [0.1, 0.15) is 12.1 Å². The van der Waals surface area contributed by atoms with Gasteiger partial charge in [0.25, 0.3) is 0 Å². The van der Waals surface area contributed by atoms with Gasteiger partial charge in [-0.25, -0.2) is 0 Å². The Morgan fingerprint density at radius 1 is 1.24 bits per heavy atom. The van der Waals surface area contributed by atoms with Crippen LogP contribution in [0.3, 0.4) is 0 Å². The Bertz CT molecular complexity index is 917. The summed E-state index contributed by atoms with van der Waals surface area (Å²) < 4.78 is 0. The number of rotatable bonds is 14. The molecule has 1 aliphatic rings. The molecule has 0 saturated carbocycles. The van der Waals surface area contributed by atoms with Crippen molar-refractivity contribution in [2.75, 3.05) is 19.6 Å². The highest BCUT2D eigenvalue weighted by molar-refractivity contribution is 5.93. The van der Waals surface area contributed by atoms with Gasteiger partial charge in [0.05, 0.1) is 6.04 Å². The number of carbonyl (C=O) groups is 3. The fraction of sp³-hybridized carbons (Fsp3) is 0.654. The van der Waals surface area contributed by atoms with Crippen molar-refractivity contribution in [2.45, 2.75) is 84.5 Å². The summed E-state index contributed by atoms with van der Waals surface area (Å²) in [5.74, 6) is -0.648. The van der Waals surface area contributed by atoms with Gasteiger partial charge in [-0.3, -0.25) is 24.4 Å². The summed E-state index contributed by atoms with van der Waals surface area (Å²) in [7, 11) is 0. The van der Waals surface area contributed by atoms with Crippen molar-refractivity contribution >= 4 is 23.7 Å². The third-order valence-electron chi connectivity index (χ3n) is 6.74. The average molecular weight is 517 g/mol. The van der Waals surface area contributed by atoms with Gasteiger partial charge < -0.3 is 32.3 Å². The lowest BCUT2D eigenvalue weighted by Gasteiger charge is -2.31. The number of likely N-dealkylation sites (tertiary alicyclic amines) is 1. The van der Waals surface area contributed by atoms with Gasteiger partial charge in [-0.1, -0.05) is 26.3 Å². The molecule has 2 heterocycles. The molecular formula is C26H44N8O3. The number of aliphatic imine (C=N–C) groups is 1. The Labute approximate surface area is 220 Å². The molecule has 2 rings (SSSR count). The quantitative estimate of drug-likeness (QED) is 0.137. The number of carbonyl (C=O) groups excluding carboxylic acids is 3. The fourth-order valence-electron chi connectivity index (χ4n) is 4.44. The zero-order valence-corrected chi connectivity index (χ0v) is 22.6. The van der Waals surface area contributed by atoms with Gasteiger partial charge in [-0.15, -0.1) is 0 Å². The maximum absolute atomic E-state index is 13.6. The fourth-order valence-corrected chi connectivity index (χ4v) is 4.44. The molecule has 0 radical (unpaired) electrons. The molecule has 11 heteroatoms. The normalized spacial score (nSPS) is 17.5. The van der Waals surface area contributed by atoms with Crippen LogP contribution in [-0.2, 0) is 20.9 Å². The smallest absolute Gasteiger partial charge is 0.245 e. The maximum atomic E-state index is 13.6. The molecule has 11 nitrogen and oxygen atoms in total. The highest BCUT2D eigenvalue weighted by atomic mass is 16.2. The Balaban J connectivity index is 2.17. The van der Waals surface area contributed by atoms with Crippen molar-refractivity contribution in [1.29, 1.82) is 0 Å². The van der Waals surface area contributed by atoms with E-state index in [-0.39, 0.29) is 29.6 Å². The first kappa shape index (κ1) is 30.0. The number of hydrogen-bond acceptors (Lipinski definition) is 6. The minimum Gasteiger partial charge on any atom is -0.370 e. The van der Waals surface area contributed by atoms with Crippen LogP contribution >= 0.6 is 0 Å². The maximum Gasteiger partial charge on any atom is 0.245 e. The van der Waals surface area contributed by atoms with Crippen molar-refractivity contribution in [3.63, 3.8) is 0 Å².